The summed E-state index contributed by atoms with van der Waals surface area (Å²) in [4.78, 5) is 0. The molecule has 3 unspecified atom stereocenters. The van der Waals surface area contributed by atoms with Gasteiger partial charge in [-0.05, 0) is 31.1 Å². The summed E-state index contributed by atoms with van der Waals surface area (Å²) in [6.07, 6.45) is 2.92. The molecule has 1 aliphatic rings. The molecule has 1 aliphatic carbocycles. The largest absolute Gasteiger partial charge is 0.395 e. The maximum atomic E-state index is 9.18. The van der Waals surface area contributed by atoms with Gasteiger partial charge in [0.25, 0.3) is 0 Å². The van der Waals surface area contributed by atoms with Crippen molar-refractivity contribution in [1.29, 1.82) is 5.26 Å². The number of aliphatic hydroxyl groups excluding tert-OH is 1. The van der Waals surface area contributed by atoms with Gasteiger partial charge in [0.05, 0.1) is 12.7 Å². The van der Waals surface area contributed by atoms with Gasteiger partial charge in [0, 0.05) is 6.54 Å². The molecule has 0 spiro atoms. The van der Waals surface area contributed by atoms with Gasteiger partial charge in [-0.1, -0.05) is 13.8 Å². The first kappa shape index (κ1) is 11.5. The van der Waals surface area contributed by atoms with Gasteiger partial charge in [-0.2, -0.15) is 5.26 Å². The van der Waals surface area contributed by atoms with Crippen LogP contribution >= 0.6 is 0 Å². The van der Waals surface area contributed by atoms with Crippen LogP contribution in [0.15, 0.2) is 0 Å². The first-order chi connectivity index (χ1) is 6.63. The topological polar surface area (TPSA) is 56.0 Å². The van der Waals surface area contributed by atoms with Crippen molar-refractivity contribution in [1.82, 2.24) is 5.32 Å². The van der Waals surface area contributed by atoms with Crippen molar-refractivity contribution < 1.29 is 5.11 Å². The van der Waals surface area contributed by atoms with Gasteiger partial charge in [0.2, 0.25) is 0 Å². The van der Waals surface area contributed by atoms with Gasteiger partial charge in [0.1, 0.15) is 5.54 Å². The number of hydrogen-bond donors (Lipinski definition) is 2. The van der Waals surface area contributed by atoms with Gasteiger partial charge >= 0.3 is 0 Å². The second-order valence-electron chi connectivity index (χ2n) is 4.54. The van der Waals surface area contributed by atoms with Crippen molar-refractivity contribution >= 4 is 0 Å². The smallest absolute Gasteiger partial charge is 0.107 e. The Labute approximate surface area is 86.1 Å². The van der Waals surface area contributed by atoms with Crippen LogP contribution < -0.4 is 5.32 Å². The third kappa shape index (κ3) is 2.46. The lowest BCUT2D eigenvalue weighted by molar-refractivity contribution is 0.172. The zero-order valence-electron chi connectivity index (χ0n) is 9.08. The van der Waals surface area contributed by atoms with Crippen molar-refractivity contribution in [3.63, 3.8) is 0 Å². The Morgan fingerprint density at radius 2 is 2.21 bits per heavy atom. The minimum Gasteiger partial charge on any atom is -0.395 e. The highest BCUT2D eigenvalue weighted by molar-refractivity contribution is 5.10. The van der Waals surface area contributed by atoms with E-state index in [1.54, 1.807) is 0 Å². The summed E-state index contributed by atoms with van der Waals surface area (Å²) in [6.45, 7) is 5.08. The van der Waals surface area contributed by atoms with E-state index in [9.17, 15) is 5.26 Å². The SMILES string of the molecule is CC1CCC(C#N)(NCCO)CC1C. The molecular formula is C11H20N2O. The highest BCUT2D eigenvalue weighted by atomic mass is 16.3. The number of hydrogen-bond acceptors (Lipinski definition) is 3. The third-order valence-corrected chi connectivity index (χ3v) is 3.46. The Hall–Kier alpha value is -0.590. The second-order valence-corrected chi connectivity index (χ2v) is 4.54. The summed E-state index contributed by atoms with van der Waals surface area (Å²) >= 11 is 0. The summed E-state index contributed by atoms with van der Waals surface area (Å²) in [7, 11) is 0. The van der Waals surface area contributed by atoms with Gasteiger partial charge in [-0.25, -0.2) is 0 Å². The fraction of sp³-hybridized carbons (Fsp3) is 0.909. The zero-order valence-corrected chi connectivity index (χ0v) is 9.08. The summed E-state index contributed by atoms with van der Waals surface area (Å²) in [5.41, 5.74) is -0.380. The maximum absolute atomic E-state index is 9.18. The molecule has 2 N–H and O–H groups in total. The first-order valence-corrected chi connectivity index (χ1v) is 5.41. The molecule has 3 nitrogen and oxygen atoms in total. The number of β-amino-alcohol motifs (C(OH)–C–C–N with tert-alkyl or cyclic N) is 1. The molecule has 0 aromatic heterocycles. The van der Waals surface area contributed by atoms with Gasteiger partial charge in [-0.15, -0.1) is 0 Å². The highest BCUT2D eigenvalue weighted by Crippen LogP contribution is 2.35. The Bertz CT molecular complexity index is 220. The van der Waals surface area contributed by atoms with Gasteiger partial charge < -0.3 is 5.11 Å². The molecule has 0 aliphatic heterocycles. The molecule has 1 rings (SSSR count). The van der Waals surface area contributed by atoms with E-state index >= 15 is 0 Å². The molecule has 0 amide bonds. The molecule has 3 heteroatoms. The minimum absolute atomic E-state index is 0.105. The third-order valence-electron chi connectivity index (χ3n) is 3.46. The standard InChI is InChI=1S/C11H20N2O/c1-9-3-4-11(8-12,7-10(9)2)13-5-6-14/h9-10,13-14H,3-7H2,1-2H3. The van der Waals surface area contributed by atoms with Crippen LogP contribution in [0.1, 0.15) is 33.1 Å². The summed E-state index contributed by atoms with van der Waals surface area (Å²) in [5, 5.41) is 21.1. The Morgan fingerprint density at radius 1 is 1.50 bits per heavy atom. The first-order valence-electron chi connectivity index (χ1n) is 5.41. The molecule has 0 aromatic carbocycles. The van der Waals surface area contributed by atoms with E-state index in [0.717, 1.165) is 19.3 Å². The van der Waals surface area contributed by atoms with Crippen molar-refractivity contribution in [2.24, 2.45) is 11.8 Å². The van der Waals surface area contributed by atoms with E-state index < -0.39 is 0 Å². The van der Waals surface area contributed by atoms with Crippen molar-refractivity contribution in [3.8, 4) is 6.07 Å². The molecule has 1 saturated carbocycles. The molecule has 1 fully saturated rings. The molecule has 0 heterocycles. The quantitative estimate of drug-likeness (QED) is 0.715. The lowest BCUT2D eigenvalue weighted by Crippen LogP contribution is -2.49. The van der Waals surface area contributed by atoms with Crippen LogP contribution in [-0.4, -0.2) is 23.8 Å². The van der Waals surface area contributed by atoms with Crippen LogP contribution in [0.4, 0.5) is 0 Å². The Morgan fingerprint density at radius 3 is 2.71 bits per heavy atom. The van der Waals surface area contributed by atoms with Crippen molar-refractivity contribution in [2.75, 3.05) is 13.2 Å². The van der Waals surface area contributed by atoms with Crippen LogP contribution in [0.2, 0.25) is 0 Å². The number of nitrogens with zero attached hydrogens (tertiary/aromatic N) is 1. The fourth-order valence-electron chi connectivity index (χ4n) is 2.21. The summed E-state index contributed by atoms with van der Waals surface area (Å²) < 4.78 is 0. The fourth-order valence-corrected chi connectivity index (χ4v) is 2.21. The molecule has 0 radical (unpaired) electrons. The molecule has 14 heavy (non-hydrogen) atoms. The van der Waals surface area contributed by atoms with Gasteiger partial charge in [-0.3, -0.25) is 5.32 Å². The predicted molar refractivity (Wildman–Crippen MR) is 55.6 cm³/mol. The Kier molecular flexibility index (Phi) is 3.91. The maximum Gasteiger partial charge on any atom is 0.107 e. The minimum atomic E-state index is -0.380. The van der Waals surface area contributed by atoms with E-state index in [0.29, 0.717) is 18.4 Å². The van der Waals surface area contributed by atoms with Crippen LogP contribution in [0.5, 0.6) is 0 Å². The highest BCUT2D eigenvalue weighted by Gasteiger charge is 2.37. The lowest BCUT2D eigenvalue weighted by atomic mass is 9.72. The monoisotopic (exact) mass is 196 g/mol. The molecule has 0 bridgehead atoms. The zero-order chi connectivity index (χ0) is 10.6. The Balaban J connectivity index is 2.58. The second kappa shape index (κ2) is 4.77. The molecule has 3 atom stereocenters. The van der Waals surface area contributed by atoms with Crippen LogP contribution in [0.25, 0.3) is 0 Å². The number of nitriles is 1. The van der Waals surface area contributed by atoms with E-state index in [4.69, 9.17) is 5.11 Å². The van der Waals surface area contributed by atoms with Crippen LogP contribution in [0, 0.1) is 23.2 Å². The van der Waals surface area contributed by atoms with Gasteiger partial charge in [0.15, 0.2) is 0 Å². The van der Waals surface area contributed by atoms with E-state index in [-0.39, 0.29) is 12.1 Å². The van der Waals surface area contributed by atoms with Crippen LogP contribution in [-0.2, 0) is 0 Å². The normalized spacial score (nSPS) is 37.9. The van der Waals surface area contributed by atoms with Crippen LogP contribution in [0.3, 0.4) is 0 Å². The molecule has 0 aromatic rings. The van der Waals surface area contributed by atoms with Crippen molar-refractivity contribution in [2.45, 2.75) is 38.6 Å². The molecular weight excluding hydrogens is 176 g/mol. The number of nitrogens with one attached hydrogen (secondary N) is 1. The average molecular weight is 196 g/mol. The molecule has 80 valence electrons. The molecule has 0 saturated heterocycles. The van der Waals surface area contributed by atoms with E-state index in [1.807, 2.05) is 0 Å². The van der Waals surface area contributed by atoms with E-state index in [1.165, 1.54) is 0 Å². The summed E-state index contributed by atoms with van der Waals surface area (Å²) in [5.74, 6) is 1.31. The van der Waals surface area contributed by atoms with Crippen molar-refractivity contribution in [3.05, 3.63) is 0 Å². The predicted octanol–water partition coefficient (Wildman–Crippen LogP) is 1.29. The number of rotatable bonds is 3. The van der Waals surface area contributed by atoms with E-state index in [2.05, 4.69) is 25.2 Å². The number of aliphatic hydroxyl groups is 1. The lowest BCUT2D eigenvalue weighted by Gasteiger charge is -2.38. The summed E-state index contributed by atoms with van der Waals surface area (Å²) in [6, 6.07) is 2.38. The average Bonchev–Trinajstić information content (AvgIpc) is 2.20.